The van der Waals surface area contributed by atoms with E-state index in [2.05, 4.69) is 30.3 Å². The first kappa shape index (κ1) is 12.5. The first-order valence-corrected chi connectivity index (χ1v) is 5.60. The van der Waals surface area contributed by atoms with E-state index in [-0.39, 0.29) is 0 Å². The molecule has 0 heterocycles. The number of anilines is 1. The van der Waals surface area contributed by atoms with Crippen molar-refractivity contribution in [3.8, 4) is 6.07 Å². The summed E-state index contributed by atoms with van der Waals surface area (Å²) in [5.41, 5.74) is 2.82. The molecule has 1 aromatic rings. The zero-order valence-corrected chi connectivity index (χ0v) is 10.2. The fourth-order valence-corrected chi connectivity index (χ4v) is 1.44. The van der Waals surface area contributed by atoms with E-state index < -0.39 is 0 Å². The molecule has 1 rings (SSSR count). The fourth-order valence-electron chi connectivity index (χ4n) is 1.44. The molecular weight excluding hydrogens is 198 g/mol. The number of hydrogen-bond acceptors (Lipinski definition) is 3. The Kier molecular flexibility index (Phi) is 4.81. The number of likely N-dealkylation sites (N-methyl/N-ethyl adjacent to an activating group) is 1. The Morgan fingerprint density at radius 2 is 2.19 bits per heavy atom. The summed E-state index contributed by atoms with van der Waals surface area (Å²) in [6.07, 6.45) is 0. The van der Waals surface area contributed by atoms with E-state index in [0.717, 1.165) is 25.3 Å². The summed E-state index contributed by atoms with van der Waals surface area (Å²) in [4.78, 5) is 2.23. The molecule has 0 saturated carbocycles. The van der Waals surface area contributed by atoms with Crippen molar-refractivity contribution in [2.24, 2.45) is 0 Å². The van der Waals surface area contributed by atoms with Crippen LogP contribution in [0.4, 0.5) is 5.69 Å². The number of aryl methyl sites for hydroxylation is 1. The van der Waals surface area contributed by atoms with Gasteiger partial charge in [0.2, 0.25) is 0 Å². The summed E-state index contributed by atoms with van der Waals surface area (Å²) >= 11 is 0. The molecule has 0 aliphatic rings. The summed E-state index contributed by atoms with van der Waals surface area (Å²) in [5, 5.41) is 12.3. The molecule has 0 bridgehead atoms. The van der Waals surface area contributed by atoms with Gasteiger partial charge in [0.15, 0.2) is 0 Å². The second kappa shape index (κ2) is 6.14. The minimum absolute atomic E-state index is 0.713. The third-order valence-electron chi connectivity index (χ3n) is 2.64. The Bertz CT molecular complexity index is 379. The van der Waals surface area contributed by atoms with E-state index in [0.29, 0.717) is 5.56 Å². The second-order valence-electron chi connectivity index (χ2n) is 3.98. The summed E-state index contributed by atoms with van der Waals surface area (Å²) in [7, 11) is 2.09. The van der Waals surface area contributed by atoms with Gasteiger partial charge < -0.3 is 10.2 Å². The van der Waals surface area contributed by atoms with Crippen LogP contribution in [0.1, 0.15) is 18.1 Å². The van der Waals surface area contributed by atoms with Crippen LogP contribution in [0.2, 0.25) is 0 Å². The van der Waals surface area contributed by atoms with E-state index in [9.17, 15) is 0 Å². The smallest absolute Gasteiger partial charge is 0.101 e. The van der Waals surface area contributed by atoms with E-state index in [4.69, 9.17) is 5.26 Å². The van der Waals surface area contributed by atoms with Crippen molar-refractivity contribution >= 4 is 5.69 Å². The predicted octanol–water partition coefficient (Wildman–Crippen LogP) is 2.23. The number of nitrogens with zero attached hydrogens (tertiary/aromatic N) is 2. The zero-order valence-electron chi connectivity index (χ0n) is 10.2. The lowest BCUT2D eigenvalue weighted by atomic mass is 10.1. The summed E-state index contributed by atoms with van der Waals surface area (Å²) in [5.74, 6) is 0. The number of nitriles is 1. The van der Waals surface area contributed by atoms with Gasteiger partial charge in [0.1, 0.15) is 6.07 Å². The number of rotatable bonds is 5. The molecule has 1 aromatic carbocycles. The highest BCUT2D eigenvalue weighted by Gasteiger charge is 2.01. The standard InChI is InChI=1S/C13H19N3/c1-4-16(3)8-7-15-13-9-11(2)5-6-12(13)10-14/h5-6,9,15H,4,7-8H2,1-3H3. The molecule has 3 nitrogen and oxygen atoms in total. The van der Waals surface area contributed by atoms with E-state index in [1.165, 1.54) is 5.56 Å². The molecule has 0 aliphatic carbocycles. The van der Waals surface area contributed by atoms with Gasteiger partial charge in [0, 0.05) is 13.1 Å². The highest BCUT2D eigenvalue weighted by atomic mass is 15.1. The first-order valence-electron chi connectivity index (χ1n) is 5.60. The molecule has 0 unspecified atom stereocenters. The van der Waals surface area contributed by atoms with Gasteiger partial charge in [-0.25, -0.2) is 0 Å². The Balaban J connectivity index is 2.59. The van der Waals surface area contributed by atoms with E-state index in [1.807, 2.05) is 25.1 Å². The molecule has 0 spiro atoms. The lowest BCUT2D eigenvalue weighted by Gasteiger charge is -2.15. The van der Waals surface area contributed by atoms with Crippen LogP contribution in [0.15, 0.2) is 18.2 Å². The molecule has 0 radical (unpaired) electrons. The number of nitrogens with one attached hydrogen (secondary N) is 1. The maximum Gasteiger partial charge on any atom is 0.101 e. The van der Waals surface area contributed by atoms with Crippen molar-refractivity contribution in [3.05, 3.63) is 29.3 Å². The highest BCUT2D eigenvalue weighted by Crippen LogP contribution is 2.16. The Morgan fingerprint density at radius 1 is 1.44 bits per heavy atom. The van der Waals surface area contributed by atoms with E-state index >= 15 is 0 Å². The van der Waals surface area contributed by atoms with Crippen LogP contribution in [0.3, 0.4) is 0 Å². The van der Waals surface area contributed by atoms with Crippen molar-refractivity contribution in [1.29, 1.82) is 5.26 Å². The van der Waals surface area contributed by atoms with Gasteiger partial charge in [0.05, 0.1) is 11.3 Å². The van der Waals surface area contributed by atoms with Crippen LogP contribution in [0, 0.1) is 18.3 Å². The van der Waals surface area contributed by atoms with Crippen LogP contribution in [0.25, 0.3) is 0 Å². The van der Waals surface area contributed by atoms with Crippen molar-refractivity contribution in [1.82, 2.24) is 4.90 Å². The largest absolute Gasteiger partial charge is 0.383 e. The van der Waals surface area contributed by atoms with Crippen molar-refractivity contribution in [3.63, 3.8) is 0 Å². The molecule has 0 saturated heterocycles. The van der Waals surface area contributed by atoms with Gasteiger partial charge in [-0.1, -0.05) is 13.0 Å². The Morgan fingerprint density at radius 3 is 2.81 bits per heavy atom. The minimum atomic E-state index is 0.713. The van der Waals surface area contributed by atoms with Crippen LogP contribution < -0.4 is 5.32 Å². The summed E-state index contributed by atoms with van der Waals surface area (Å²) in [6.45, 7) is 7.05. The van der Waals surface area contributed by atoms with Gasteiger partial charge in [-0.15, -0.1) is 0 Å². The SMILES string of the molecule is CCN(C)CCNc1cc(C)ccc1C#N. The molecule has 0 aromatic heterocycles. The summed E-state index contributed by atoms with van der Waals surface area (Å²) in [6, 6.07) is 8.04. The maximum atomic E-state index is 8.96. The number of hydrogen-bond donors (Lipinski definition) is 1. The fraction of sp³-hybridized carbons (Fsp3) is 0.462. The topological polar surface area (TPSA) is 39.1 Å². The molecule has 3 heteroatoms. The Hall–Kier alpha value is -1.53. The minimum Gasteiger partial charge on any atom is -0.383 e. The van der Waals surface area contributed by atoms with Crippen LogP contribution in [-0.2, 0) is 0 Å². The zero-order chi connectivity index (χ0) is 12.0. The lowest BCUT2D eigenvalue weighted by molar-refractivity contribution is 0.367. The lowest BCUT2D eigenvalue weighted by Crippen LogP contribution is -2.24. The van der Waals surface area contributed by atoms with Crippen molar-refractivity contribution in [2.75, 3.05) is 32.0 Å². The molecule has 16 heavy (non-hydrogen) atoms. The second-order valence-corrected chi connectivity index (χ2v) is 3.98. The van der Waals surface area contributed by atoms with Crippen LogP contribution in [0.5, 0.6) is 0 Å². The predicted molar refractivity (Wildman–Crippen MR) is 67.6 cm³/mol. The van der Waals surface area contributed by atoms with Gasteiger partial charge in [0.25, 0.3) is 0 Å². The highest BCUT2D eigenvalue weighted by molar-refractivity contribution is 5.58. The molecule has 86 valence electrons. The molecular formula is C13H19N3. The normalized spacial score (nSPS) is 10.2. The quantitative estimate of drug-likeness (QED) is 0.822. The van der Waals surface area contributed by atoms with Gasteiger partial charge >= 0.3 is 0 Å². The average molecular weight is 217 g/mol. The van der Waals surface area contributed by atoms with Crippen molar-refractivity contribution < 1.29 is 0 Å². The number of benzene rings is 1. The van der Waals surface area contributed by atoms with Gasteiger partial charge in [-0.3, -0.25) is 0 Å². The van der Waals surface area contributed by atoms with Crippen LogP contribution in [-0.4, -0.2) is 31.6 Å². The monoisotopic (exact) mass is 217 g/mol. The molecule has 1 N–H and O–H groups in total. The third-order valence-corrected chi connectivity index (χ3v) is 2.64. The van der Waals surface area contributed by atoms with Crippen molar-refractivity contribution in [2.45, 2.75) is 13.8 Å². The molecule has 0 aliphatic heterocycles. The third kappa shape index (κ3) is 3.56. The maximum absolute atomic E-state index is 8.96. The Labute approximate surface area is 97.7 Å². The van der Waals surface area contributed by atoms with Gasteiger partial charge in [-0.05, 0) is 38.2 Å². The van der Waals surface area contributed by atoms with Crippen LogP contribution >= 0.6 is 0 Å². The molecule has 0 amide bonds. The molecule has 0 atom stereocenters. The van der Waals surface area contributed by atoms with Gasteiger partial charge in [-0.2, -0.15) is 5.26 Å². The van der Waals surface area contributed by atoms with E-state index in [1.54, 1.807) is 0 Å². The molecule has 0 fully saturated rings. The summed E-state index contributed by atoms with van der Waals surface area (Å²) < 4.78 is 0. The first-order chi connectivity index (χ1) is 7.67. The average Bonchev–Trinajstić information content (AvgIpc) is 2.29.